The van der Waals surface area contributed by atoms with Gasteiger partial charge in [0.1, 0.15) is 11.6 Å². The van der Waals surface area contributed by atoms with Gasteiger partial charge in [-0.3, -0.25) is 9.69 Å². The predicted octanol–water partition coefficient (Wildman–Crippen LogP) is 1.45. The topological polar surface area (TPSA) is 52.6 Å². The molecule has 0 aliphatic carbocycles. The minimum absolute atomic E-state index is 0.0219. The lowest BCUT2D eigenvalue weighted by Crippen LogP contribution is -2.58. The monoisotopic (exact) mass is 298 g/mol. The molecule has 0 spiro atoms. The summed E-state index contributed by atoms with van der Waals surface area (Å²) in [6.45, 7) is 4.83. The molecular weight excluding hydrogens is 278 g/mol. The quantitative estimate of drug-likeness (QED) is 0.885. The fourth-order valence-electron chi connectivity index (χ4n) is 2.80. The second kappa shape index (κ2) is 6.49. The van der Waals surface area contributed by atoms with Crippen LogP contribution in [0.4, 0.5) is 8.78 Å². The van der Waals surface area contributed by atoms with Gasteiger partial charge >= 0.3 is 0 Å². The molecule has 0 aromatic heterocycles. The van der Waals surface area contributed by atoms with E-state index in [0.717, 1.165) is 12.1 Å². The summed E-state index contributed by atoms with van der Waals surface area (Å²) in [5.74, 6) is -1.62. The molecule has 1 aromatic rings. The number of hydrogen-bond donors (Lipinski definition) is 2. The molecule has 1 heterocycles. The van der Waals surface area contributed by atoms with Crippen molar-refractivity contribution in [3.8, 4) is 0 Å². The Hall–Kier alpha value is -1.53. The van der Waals surface area contributed by atoms with Crippen LogP contribution in [-0.2, 0) is 4.79 Å². The van der Waals surface area contributed by atoms with Crippen molar-refractivity contribution in [2.75, 3.05) is 19.6 Å². The van der Waals surface area contributed by atoms with E-state index in [9.17, 15) is 18.7 Å². The van der Waals surface area contributed by atoms with E-state index in [0.29, 0.717) is 13.1 Å². The summed E-state index contributed by atoms with van der Waals surface area (Å²) in [4.78, 5) is 13.7. The minimum Gasteiger partial charge on any atom is -0.387 e. The molecule has 0 saturated carbocycles. The SMILES string of the molecule is CC(C)C1C(=O)NCCN1CC(O)c1c(F)cccc1F. The van der Waals surface area contributed by atoms with E-state index >= 15 is 0 Å². The number of nitrogens with zero attached hydrogens (tertiary/aromatic N) is 1. The Balaban J connectivity index is 2.17. The first-order chi connectivity index (χ1) is 9.91. The van der Waals surface area contributed by atoms with Gasteiger partial charge < -0.3 is 10.4 Å². The average Bonchev–Trinajstić information content (AvgIpc) is 2.37. The second-order valence-corrected chi connectivity index (χ2v) is 5.63. The number of carbonyl (C=O) groups excluding carboxylic acids is 1. The number of nitrogens with one attached hydrogen (secondary N) is 1. The van der Waals surface area contributed by atoms with Crippen LogP contribution >= 0.6 is 0 Å². The lowest BCUT2D eigenvalue weighted by Gasteiger charge is -2.38. The maximum Gasteiger partial charge on any atom is 0.237 e. The van der Waals surface area contributed by atoms with Crippen LogP contribution in [0.25, 0.3) is 0 Å². The van der Waals surface area contributed by atoms with Gasteiger partial charge in [0.15, 0.2) is 0 Å². The number of carbonyl (C=O) groups is 1. The van der Waals surface area contributed by atoms with Crippen molar-refractivity contribution < 1.29 is 18.7 Å². The first-order valence-electron chi connectivity index (χ1n) is 7.05. The van der Waals surface area contributed by atoms with E-state index in [1.807, 2.05) is 13.8 Å². The standard InChI is InChI=1S/C15H20F2N2O2/c1-9(2)14-15(21)18-6-7-19(14)8-12(20)13-10(16)4-3-5-11(13)17/h3-5,9,12,14,20H,6-8H2,1-2H3,(H,18,21). The van der Waals surface area contributed by atoms with Crippen LogP contribution in [0.1, 0.15) is 25.5 Å². The smallest absolute Gasteiger partial charge is 0.237 e. The van der Waals surface area contributed by atoms with Crippen LogP contribution in [0.2, 0.25) is 0 Å². The second-order valence-electron chi connectivity index (χ2n) is 5.63. The van der Waals surface area contributed by atoms with E-state index in [2.05, 4.69) is 5.32 Å². The molecule has 2 unspecified atom stereocenters. The zero-order chi connectivity index (χ0) is 15.6. The average molecular weight is 298 g/mol. The summed E-state index contributed by atoms with van der Waals surface area (Å²) in [6, 6.07) is 3.09. The van der Waals surface area contributed by atoms with Gasteiger partial charge in [-0.15, -0.1) is 0 Å². The number of aliphatic hydroxyl groups is 1. The Morgan fingerprint density at radius 2 is 2.00 bits per heavy atom. The zero-order valence-electron chi connectivity index (χ0n) is 12.1. The largest absolute Gasteiger partial charge is 0.387 e. The molecule has 4 nitrogen and oxygen atoms in total. The maximum absolute atomic E-state index is 13.7. The van der Waals surface area contributed by atoms with Crippen molar-refractivity contribution in [2.45, 2.75) is 26.0 Å². The van der Waals surface area contributed by atoms with Crippen LogP contribution in [-0.4, -0.2) is 41.6 Å². The highest BCUT2D eigenvalue weighted by atomic mass is 19.1. The fourth-order valence-corrected chi connectivity index (χ4v) is 2.80. The Kier molecular flexibility index (Phi) is 4.90. The number of rotatable bonds is 4. The molecule has 2 atom stereocenters. The van der Waals surface area contributed by atoms with Gasteiger partial charge in [0.2, 0.25) is 5.91 Å². The molecule has 1 aliphatic heterocycles. The van der Waals surface area contributed by atoms with Crippen molar-refractivity contribution in [1.82, 2.24) is 10.2 Å². The summed E-state index contributed by atoms with van der Waals surface area (Å²) in [5, 5.41) is 12.9. The van der Waals surface area contributed by atoms with Gasteiger partial charge in [0.25, 0.3) is 0 Å². The van der Waals surface area contributed by atoms with Crippen LogP contribution in [0, 0.1) is 17.6 Å². The highest BCUT2D eigenvalue weighted by Crippen LogP contribution is 2.24. The molecule has 1 saturated heterocycles. The van der Waals surface area contributed by atoms with Gasteiger partial charge in [0, 0.05) is 19.6 Å². The molecule has 1 aromatic carbocycles. The predicted molar refractivity (Wildman–Crippen MR) is 74.5 cm³/mol. The molecule has 1 aliphatic rings. The third-order valence-electron chi connectivity index (χ3n) is 3.73. The molecule has 1 amide bonds. The molecule has 2 rings (SSSR count). The summed E-state index contributed by atoms with van der Waals surface area (Å²) in [7, 11) is 0. The number of aliphatic hydroxyl groups excluding tert-OH is 1. The van der Waals surface area contributed by atoms with E-state index < -0.39 is 23.8 Å². The number of hydrogen-bond acceptors (Lipinski definition) is 3. The molecule has 6 heteroatoms. The lowest BCUT2D eigenvalue weighted by molar-refractivity contribution is -0.131. The van der Waals surface area contributed by atoms with Gasteiger partial charge in [-0.1, -0.05) is 19.9 Å². The Bertz CT molecular complexity index is 502. The van der Waals surface area contributed by atoms with Gasteiger partial charge in [-0.05, 0) is 18.1 Å². The van der Waals surface area contributed by atoms with Crippen LogP contribution in [0.3, 0.4) is 0 Å². The summed E-state index contributed by atoms with van der Waals surface area (Å²) in [5.41, 5.74) is -0.342. The Morgan fingerprint density at radius 3 is 2.57 bits per heavy atom. The maximum atomic E-state index is 13.7. The molecule has 116 valence electrons. The molecular formula is C15H20F2N2O2. The van der Waals surface area contributed by atoms with Gasteiger partial charge in [0.05, 0.1) is 17.7 Å². The zero-order valence-corrected chi connectivity index (χ0v) is 12.1. The number of amides is 1. The lowest BCUT2D eigenvalue weighted by atomic mass is 9.98. The van der Waals surface area contributed by atoms with Gasteiger partial charge in [-0.25, -0.2) is 8.78 Å². The van der Waals surface area contributed by atoms with E-state index in [4.69, 9.17) is 0 Å². The number of β-amino-alcohol motifs (C(OH)–C–C–N with tert-alkyl or cyclic N) is 1. The summed E-state index contributed by atoms with van der Waals surface area (Å²) in [6.07, 6.45) is -1.31. The Labute approximate surface area is 122 Å². The first kappa shape index (κ1) is 15.9. The normalized spacial score (nSPS) is 21.4. The minimum atomic E-state index is -1.31. The van der Waals surface area contributed by atoms with E-state index in [1.54, 1.807) is 4.90 Å². The molecule has 1 fully saturated rings. The van der Waals surface area contributed by atoms with Crippen molar-refractivity contribution in [3.05, 3.63) is 35.4 Å². The first-order valence-corrected chi connectivity index (χ1v) is 7.05. The highest BCUT2D eigenvalue weighted by molar-refractivity contribution is 5.82. The van der Waals surface area contributed by atoms with Crippen LogP contribution < -0.4 is 5.32 Å². The number of halogens is 2. The van der Waals surface area contributed by atoms with Crippen molar-refractivity contribution in [2.24, 2.45) is 5.92 Å². The number of piperazine rings is 1. The van der Waals surface area contributed by atoms with Crippen molar-refractivity contribution in [3.63, 3.8) is 0 Å². The third-order valence-corrected chi connectivity index (χ3v) is 3.73. The molecule has 0 bridgehead atoms. The van der Waals surface area contributed by atoms with E-state index in [1.165, 1.54) is 6.07 Å². The number of benzene rings is 1. The van der Waals surface area contributed by atoms with Gasteiger partial charge in [-0.2, -0.15) is 0 Å². The summed E-state index contributed by atoms with van der Waals surface area (Å²) >= 11 is 0. The van der Waals surface area contributed by atoms with E-state index in [-0.39, 0.29) is 23.9 Å². The summed E-state index contributed by atoms with van der Waals surface area (Å²) < 4.78 is 27.4. The van der Waals surface area contributed by atoms with Crippen LogP contribution in [0.5, 0.6) is 0 Å². The fraction of sp³-hybridized carbons (Fsp3) is 0.533. The Morgan fingerprint density at radius 1 is 1.38 bits per heavy atom. The molecule has 0 radical (unpaired) electrons. The van der Waals surface area contributed by atoms with Crippen molar-refractivity contribution >= 4 is 5.91 Å². The highest BCUT2D eigenvalue weighted by Gasteiger charge is 2.34. The third kappa shape index (κ3) is 3.39. The van der Waals surface area contributed by atoms with Crippen LogP contribution in [0.15, 0.2) is 18.2 Å². The van der Waals surface area contributed by atoms with Crippen molar-refractivity contribution in [1.29, 1.82) is 0 Å². The molecule has 2 N–H and O–H groups in total. The molecule has 21 heavy (non-hydrogen) atoms.